The number of carbonyl (C=O) groups is 1. The van der Waals surface area contributed by atoms with E-state index in [1.54, 1.807) is 61.5 Å². The minimum absolute atomic E-state index is 0. The first kappa shape index (κ1) is 130. The van der Waals surface area contributed by atoms with Gasteiger partial charge in [-0.1, -0.05) is 216 Å². The molecule has 0 saturated carbocycles. The van der Waals surface area contributed by atoms with Crippen LogP contribution in [0.25, 0.3) is 0 Å². The summed E-state index contributed by atoms with van der Waals surface area (Å²) in [6.07, 6.45) is 15.4. The monoisotopic (exact) mass is 1500 g/mol. The number of para-hydroxylation sites is 5. The van der Waals surface area contributed by atoms with Gasteiger partial charge in [0.25, 0.3) is 0 Å². The minimum Gasteiger partial charge on any atom is -0.870 e. The van der Waals surface area contributed by atoms with Gasteiger partial charge in [-0.15, -0.1) is 0 Å². The Hall–Kier alpha value is -4.97. The molecule has 0 saturated heterocycles. The van der Waals surface area contributed by atoms with Crippen molar-refractivity contribution in [2.75, 3.05) is 5.32 Å². The molecule has 5 rings (SSSR count). The van der Waals surface area contributed by atoms with E-state index in [2.05, 4.69) is 157 Å². The fourth-order valence-corrected chi connectivity index (χ4v) is 4.89. The summed E-state index contributed by atoms with van der Waals surface area (Å²) in [7, 11) is 0. The molecule has 0 radical (unpaired) electrons. The molecule has 0 fully saturated rings. The molecule has 0 heterocycles. The first-order valence-electron chi connectivity index (χ1n) is 29.0. The zero-order valence-corrected chi connectivity index (χ0v) is 70.3. The number of aliphatic imine (C=N–C) groups is 5. The second kappa shape index (κ2) is 106. The molecule has 28 heteroatoms. The van der Waals surface area contributed by atoms with E-state index in [0.717, 1.165) is 5.69 Å². The van der Waals surface area contributed by atoms with Crippen molar-refractivity contribution in [2.45, 2.75) is 188 Å². The fourth-order valence-electron chi connectivity index (χ4n) is 4.15. The number of nitrogens with two attached hydrogens (primary N) is 3. The Bertz CT molecular complexity index is 2640. The number of hydrogen-bond donors (Lipinski definition) is 7. The van der Waals surface area contributed by atoms with Gasteiger partial charge in [-0.25, -0.2) is 28.8 Å². The van der Waals surface area contributed by atoms with Gasteiger partial charge in [0, 0.05) is 46.3 Å². The SMILES string of the molecule is C.C.C.C=C/C(=C\C)N=C=O.CC(N)C(C)N.CC(N)C(C)NC(=S)[S-].CC(NC(=O)Nc1ccccc1)C(C)NC(=S)[S-].CCC.CCC.CCC.CCC.O=C=Nc1ccccc1.O=C=Nc1ccccc1.O=C=Nc1ccccc1.O=C=Nc1ccccc1.S=C=S.[Na+].[Na+].[Na+].[OH-]. The maximum Gasteiger partial charge on any atom is 1.00 e. The molecule has 0 aliphatic heterocycles. The van der Waals surface area contributed by atoms with Gasteiger partial charge in [0.1, 0.15) is 0 Å². The van der Waals surface area contributed by atoms with Gasteiger partial charge >= 0.3 is 94.7 Å². The number of amides is 2. The van der Waals surface area contributed by atoms with Crippen LogP contribution in [0.2, 0.25) is 0 Å². The van der Waals surface area contributed by atoms with Crippen LogP contribution < -0.4 is 127 Å². The van der Waals surface area contributed by atoms with Gasteiger partial charge < -0.3 is 93.6 Å². The topological polar surface area (TPSA) is 320 Å². The Morgan fingerprint density at radius 3 is 0.848 bits per heavy atom. The summed E-state index contributed by atoms with van der Waals surface area (Å²) in [5.74, 6) is 0. The molecule has 0 aromatic heterocycles. The van der Waals surface area contributed by atoms with Gasteiger partial charge in [0.05, 0.1) is 28.4 Å². The molecule has 11 N–H and O–H groups in total. The Labute approximate surface area is 694 Å². The fraction of sp³-hybridized carbons (Fsp3) is 0.394. The van der Waals surface area contributed by atoms with Gasteiger partial charge in [-0.2, -0.15) is 25.0 Å². The van der Waals surface area contributed by atoms with Crippen LogP contribution in [0.3, 0.4) is 0 Å². The van der Waals surface area contributed by atoms with Crippen LogP contribution in [0.1, 0.15) is 152 Å². The molecule has 99 heavy (non-hydrogen) atoms. The van der Waals surface area contributed by atoms with Crippen molar-refractivity contribution >= 4 is 152 Å². The summed E-state index contributed by atoms with van der Waals surface area (Å²) in [5, 5.41) is 11.3. The standard InChI is InChI=1S/C12H17N3OS2.4C7H5NO.C6H7NO.C5H12N2S2.C4H12N2.4C3H8.CS2.3CH4.3Na.H2O/c1-8(9(2)14-12(17)18)13-11(16)15-10-6-4-3-5-7-10;4*9-6-8-7-4-2-1-3-5-7;1-3-6(4-2)7-5-8;1-3(6)4(2)7-5(8)9;1-3(5)4(2)6;4*1-3-2;2-1-3;;;;;;;/h3-9H,1-2H3,(H2,13,15,16)(H2,14,17,18);4*1-5H;3-4H,1H2,2H3;3-4H,6H2,1-2H3,(H2,7,8,9);3-4H,5-6H2,1-2H3;4*3H2,1-2H3;;3*1H4;;;;1H2/q;;;;;;;;;;;;;;;;3*+1;/p-3/b;;;;;6-4+;;;;;;;;;;;;;;. The van der Waals surface area contributed by atoms with Crippen LogP contribution in [0.4, 0.5) is 33.2 Å². The second-order valence-corrected chi connectivity index (χ2v) is 20.8. The Morgan fingerprint density at radius 1 is 0.465 bits per heavy atom. The van der Waals surface area contributed by atoms with Gasteiger partial charge in [-0.3, -0.25) is 0 Å². The largest absolute Gasteiger partial charge is 1.00 e. The number of allylic oxidation sites excluding steroid dienone is 2. The van der Waals surface area contributed by atoms with Crippen LogP contribution in [0.5, 0.6) is 0 Å². The van der Waals surface area contributed by atoms with E-state index in [0.29, 0.717) is 37.1 Å². The number of rotatable bonds is 13. The number of anilines is 1. The Balaban J connectivity index is -0.0000000611. The van der Waals surface area contributed by atoms with Crippen LogP contribution in [-0.4, -0.2) is 91.1 Å². The van der Waals surface area contributed by atoms with Gasteiger partial charge in [0.2, 0.25) is 30.4 Å². The molecular formula is C71H111N12Na3O7S6. The molecule has 19 nitrogen and oxygen atoms in total. The smallest absolute Gasteiger partial charge is 0.870 e. The van der Waals surface area contributed by atoms with Crippen molar-refractivity contribution in [3.8, 4) is 0 Å². The normalized spacial score (nSPS) is 9.62. The predicted molar refractivity (Wildman–Crippen MR) is 429 cm³/mol. The average Bonchev–Trinajstić information content (AvgIpc) is 1.53. The molecule has 5 aromatic carbocycles. The van der Waals surface area contributed by atoms with Crippen molar-refractivity contribution in [3.63, 3.8) is 0 Å². The molecule has 0 bridgehead atoms. The number of hydrogen-bond acceptors (Lipinski definition) is 21. The van der Waals surface area contributed by atoms with E-state index in [1.165, 1.54) is 62.2 Å². The summed E-state index contributed by atoms with van der Waals surface area (Å²) >= 11 is 26.8. The number of isocyanates is 5. The molecule has 2 amide bonds. The van der Waals surface area contributed by atoms with Crippen molar-refractivity contribution in [1.29, 1.82) is 0 Å². The van der Waals surface area contributed by atoms with Crippen molar-refractivity contribution < 1.29 is 123 Å². The molecular weight excluding hydrogens is 1390 g/mol. The average molecular weight is 1510 g/mol. The molecule has 0 aliphatic rings. The molecule has 6 atom stereocenters. The van der Waals surface area contributed by atoms with Crippen molar-refractivity contribution in [1.82, 2.24) is 16.0 Å². The minimum atomic E-state index is -0.252. The number of benzene rings is 5. The van der Waals surface area contributed by atoms with E-state index in [4.69, 9.17) is 42.0 Å². The number of urea groups is 1. The van der Waals surface area contributed by atoms with E-state index in [-0.39, 0.29) is 159 Å². The third-order valence-corrected chi connectivity index (χ3v) is 9.32. The number of thiocarbonyl (C=S) groups is 4. The van der Waals surface area contributed by atoms with Crippen molar-refractivity contribution in [3.05, 3.63) is 176 Å². The molecule has 0 spiro atoms. The zero-order chi connectivity index (χ0) is 72.2. The molecule has 0 aliphatic carbocycles. The number of nitrogens with one attached hydrogen (secondary N) is 4. The first-order chi connectivity index (χ1) is 43.8. The van der Waals surface area contributed by atoms with Crippen molar-refractivity contribution in [2.24, 2.45) is 42.2 Å². The molecule has 6 unspecified atom stereocenters. The van der Waals surface area contributed by atoms with E-state index in [9.17, 15) is 28.8 Å². The number of nitrogens with zero attached hydrogens (tertiary/aromatic N) is 5. The second-order valence-electron chi connectivity index (χ2n) is 18.0. The third kappa shape index (κ3) is 115. The maximum atomic E-state index is 11.7. The maximum absolute atomic E-state index is 11.7. The van der Waals surface area contributed by atoms with E-state index < -0.39 is 0 Å². The summed E-state index contributed by atoms with van der Waals surface area (Å²) in [5.41, 5.74) is 20.0. The van der Waals surface area contributed by atoms with Gasteiger partial charge in [0.15, 0.2) is 0 Å². The Kier molecular flexibility index (Phi) is 140. The summed E-state index contributed by atoms with van der Waals surface area (Å²) in [6.45, 7) is 33.6. The summed E-state index contributed by atoms with van der Waals surface area (Å²) in [6, 6.07) is 45.3. The van der Waals surface area contributed by atoms with Crippen LogP contribution in [-0.2, 0) is 49.2 Å². The summed E-state index contributed by atoms with van der Waals surface area (Å²) < 4.78 is 2.61. The third-order valence-electron chi connectivity index (χ3n) is 8.85. The predicted octanol–water partition coefficient (Wildman–Crippen LogP) is 9.29. The van der Waals surface area contributed by atoms with Crippen LogP contribution >= 0.6 is 48.9 Å². The molecule has 536 valence electrons. The van der Waals surface area contributed by atoms with Gasteiger partial charge in [-0.05, 0) is 140 Å². The van der Waals surface area contributed by atoms with Crippen LogP contribution in [0.15, 0.2) is 201 Å². The molecule has 5 aromatic rings. The zero-order valence-electron chi connectivity index (χ0n) is 59.4. The number of carbonyl (C=O) groups excluding carboxylic acids is 6. The first-order valence-corrected chi connectivity index (χ1v) is 31.5. The Morgan fingerprint density at radius 2 is 0.687 bits per heavy atom. The van der Waals surface area contributed by atoms with Crippen LogP contribution in [0, 0.1) is 0 Å². The van der Waals surface area contributed by atoms with E-state index >= 15 is 0 Å². The summed E-state index contributed by atoms with van der Waals surface area (Å²) in [4.78, 5) is 76.9. The quantitative estimate of drug-likeness (QED) is 0.0144. The van der Waals surface area contributed by atoms with E-state index in [1.807, 2.05) is 149 Å².